The minimum absolute atomic E-state index is 0.0139. The lowest BCUT2D eigenvalue weighted by Crippen LogP contribution is -2.07. The number of halogens is 1. The van der Waals surface area contributed by atoms with E-state index in [-0.39, 0.29) is 12.2 Å². The molecule has 2 N–H and O–H groups in total. The second-order valence-electron chi connectivity index (χ2n) is 4.65. The number of anilines is 1. The van der Waals surface area contributed by atoms with Crippen molar-refractivity contribution in [3.8, 4) is 0 Å². The Morgan fingerprint density at radius 3 is 2.60 bits per heavy atom. The molecule has 2 aromatic rings. The van der Waals surface area contributed by atoms with E-state index in [9.17, 15) is 9.18 Å². The average Bonchev–Trinajstić information content (AvgIpc) is 2.41. The van der Waals surface area contributed by atoms with E-state index in [0.717, 1.165) is 22.4 Å². The number of aliphatic carboxylic acids is 1. The van der Waals surface area contributed by atoms with Crippen molar-refractivity contribution in [2.24, 2.45) is 0 Å². The van der Waals surface area contributed by atoms with E-state index in [1.165, 1.54) is 12.1 Å². The molecule has 20 heavy (non-hydrogen) atoms. The van der Waals surface area contributed by atoms with Gasteiger partial charge >= 0.3 is 5.97 Å². The van der Waals surface area contributed by atoms with Gasteiger partial charge < -0.3 is 10.4 Å². The first kappa shape index (κ1) is 14.1. The van der Waals surface area contributed by atoms with Gasteiger partial charge in [-0.1, -0.05) is 30.3 Å². The second-order valence-corrected chi connectivity index (χ2v) is 4.65. The summed E-state index contributed by atoms with van der Waals surface area (Å²) in [5, 5.41) is 12.0. The fraction of sp³-hybridized carbons (Fsp3) is 0.188. The van der Waals surface area contributed by atoms with Crippen molar-refractivity contribution in [3.05, 3.63) is 65.0 Å². The molecule has 0 aromatic heterocycles. The summed E-state index contributed by atoms with van der Waals surface area (Å²) in [6.45, 7) is 2.36. The maximum atomic E-state index is 13.2. The topological polar surface area (TPSA) is 49.3 Å². The average molecular weight is 273 g/mol. The normalized spacial score (nSPS) is 10.3. The van der Waals surface area contributed by atoms with Gasteiger partial charge in [-0.05, 0) is 35.7 Å². The Morgan fingerprint density at radius 2 is 1.90 bits per heavy atom. The van der Waals surface area contributed by atoms with Crippen molar-refractivity contribution < 1.29 is 14.3 Å². The summed E-state index contributed by atoms with van der Waals surface area (Å²) in [5.74, 6) is -1.16. The van der Waals surface area contributed by atoms with E-state index in [1.54, 1.807) is 12.1 Å². The number of rotatable bonds is 5. The molecule has 3 nitrogen and oxygen atoms in total. The van der Waals surface area contributed by atoms with Gasteiger partial charge in [-0.3, -0.25) is 4.79 Å². The number of carboxylic acid groups (broad SMARTS) is 1. The Kier molecular flexibility index (Phi) is 4.35. The van der Waals surface area contributed by atoms with Gasteiger partial charge in [0.25, 0.3) is 0 Å². The predicted octanol–water partition coefficient (Wildman–Crippen LogP) is 3.37. The maximum absolute atomic E-state index is 13.2. The van der Waals surface area contributed by atoms with Crippen molar-refractivity contribution in [1.82, 2.24) is 0 Å². The molecule has 0 saturated heterocycles. The third-order valence-corrected chi connectivity index (χ3v) is 3.13. The molecular weight excluding hydrogens is 257 g/mol. The molecule has 0 fully saturated rings. The Morgan fingerprint density at radius 1 is 1.20 bits per heavy atom. The first-order chi connectivity index (χ1) is 9.56. The summed E-state index contributed by atoms with van der Waals surface area (Å²) in [4.78, 5) is 10.8. The van der Waals surface area contributed by atoms with Crippen LogP contribution in [0.25, 0.3) is 0 Å². The molecule has 4 heteroatoms. The zero-order valence-corrected chi connectivity index (χ0v) is 11.2. The highest BCUT2D eigenvalue weighted by molar-refractivity contribution is 5.70. The molecule has 0 aliphatic carbocycles. The van der Waals surface area contributed by atoms with Crippen LogP contribution in [0.4, 0.5) is 10.1 Å². The minimum atomic E-state index is -0.862. The maximum Gasteiger partial charge on any atom is 0.307 e. The number of carboxylic acids is 1. The van der Waals surface area contributed by atoms with Crippen LogP contribution in [0.1, 0.15) is 16.7 Å². The van der Waals surface area contributed by atoms with Crippen LogP contribution in [-0.4, -0.2) is 11.1 Å². The molecule has 2 rings (SSSR count). The third-order valence-electron chi connectivity index (χ3n) is 3.13. The lowest BCUT2D eigenvalue weighted by molar-refractivity contribution is -0.136. The smallest absolute Gasteiger partial charge is 0.307 e. The number of aryl methyl sites for hydroxylation is 1. The summed E-state index contributed by atoms with van der Waals surface area (Å²) in [6, 6.07) is 11.9. The zero-order chi connectivity index (χ0) is 14.5. The molecule has 0 atom stereocenters. The molecule has 0 radical (unpaired) electrons. The zero-order valence-electron chi connectivity index (χ0n) is 11.2. The van der Waals surface area contributed by atoms with E-state index >= 15 is 0 Å². The Hall–Kier alpha value is -2.36. The molecule has 104 valence electrons. The largest absolute Gasteiger partial charge is 0.481 e. The molecule has 0 amide bonds. The lowest BCUT2D eigenvalue weighted by Gasteiger charge is -2.12. The first-order valence-corrected chi connectivity index (χ1v) is 6.35. The van der Waals surface area contributed by atoms with Gasteiger partial charge in [0.15, 0.2) is 0 Å². The molecule has 0 saturated carbocycles. The number of benzene rings is 2. The highest BCUT2D eigenvalue weighted by Crippen LogP contribution is 2.18. The molecule has 0 bridgehead atoms. The molecule has 2 aromatic carbocycles. The standard InChI is InChI=1S/C16H16FNO2/c1-11-6-7-14(17)9-15(11)18-10-13-5-3-2-4-12(13)8-16(19)20/h2-7,9,18H,8,10H2,1H3,(H,19,20). The number of hydrogen-bond acceptors (Lipinski definition) is 2. The summed E-state index contributed by atoms with van der Waals surface area (Å²) in [7, 11) is 0. The van der Waals surface area contributed by atoms with Crippen molar-refractivity contribution in [2.75, 3.05) is 5.32 Å². The van der Waals surface area contributed by atoms with Crippen molar-refractivity contribution >= 4 is 11.7 Å². The molecule has 0 heterocycles. The van der Waals surface area contributed by atoms with Gasteiger partial charge in [0.2, 0.25) is 0 Å². The Bertz CT molecular complexity index is 626. The van der Waals surface area contributed by atoms with Gasteiger partial charge in [-0.2, -0.15) is 0 Å². The summed E-state index contributed by atoms with van der Waals surface area (Å²) < 4.78 is 13.2. The quantitative estimate of drug-likeness (QED) is 0.878. The second kappa shape index (κ2) is 6.19. The van der Waals surface area contributed by atoms with Crippen molar-refractivity contribution in [2.45, 2.75) is 19.9 Å². The van der Waals surface area contributed by atoms with Gasteiger partial charge in [0.05, 0.1) is 6.42 Å². The SMILES string of the molecule is Cc1ccc(F)cc1NCc1ccccc1CC(=O)O. The van der Waals surface area contributed by atoms with Gasteiger partial charge in [0, 0.05) is 12.2 Å². The van der Waals surface area contributed by atoms with Crippen LogP contribution in [0.5, 0.6) is 0 Å². The van der Waals surface area contributed by atoms with Crippen LogP contribution < -0.4 is 5.32 Å². The monoisotopic (exact) mass is 273 g/mol. The van der Waals surface area contributed by atoms with E-state index in [0.29, 0.717) is 6.54 Å². The predicted molar refractivity (Wildman–Crippen MR) is 76.2 cm³/mol. The highest BCUT2D eigenvalue weighted by atomic mass is 19.1. The van der Waals surface area contributed by atoms with E-state index < -0.39 is 5.97 Å². The Labute approximate surface area is 117 Å². The first-order valence-electron chi connectivity index (χ1n) is 6.35. The van der Waals surface area contributed by atoms with Crippen LogP contribution in [0, 0.1) is 12.7 Å². The fourth-order valence-corrected chi connectivity index (χ4v) is 2.04. The highest BCUT2D eigenvalue weighted by Gasteiger charge is 2.07. The van der Waals surface area contributed by atoms with Crippen molar-refractivity contribution in [1.29, 1.82) is 0 Å². The van der Waals surface area contributed by atoms with E-state index in [1.807, 2.05) is 25.1 Å². The lowest BCUT2D eigenvalue weighted by atomic mass is 10.0. The minimum Gasteiger partial charge on any atom is -0.481 e. The molecule has 0 aliphatic rings. The summed E-state index contributed by atoms with van der Waals surface area (Å²) in [5.41, 5.74) is 3.33. The molecule has 0 aliphatic heterocycles. The number of nitrogens with one attached hydrogen (secondary N) is 1. The van der Waals surface area contributed by atoms with Crippen LogP contribution in [0.15, 0.2) is 42.5 Å². The van der Waals surface area contributed by atoms with Crippen LogP contribution in [-0.2, 0) is 17.8 Å². The summed E-state index contributed by atoms with van der Waals surface area (Å²) >= 11 is 0. The molecule has 0 spiro atoms. The van der Waals surface area contributed by atoms with E-state index in [4.69, 9.17) is 5.11 Å². The fourth-order valence-electron chi connectivity index (χ4n) is 2.04. The van der Waals surface area contributed by atoms with Gasteiger partial charge in [0.1, 0.15) is 5.82 Å². The van der Waals surface area contributed by atoms with Crippen molar-refractivity contribution in [3.63, 3.8) is 0 Å². The molecule has 0 unspecified atom stereocenters. The van der Waals surface area contributed by atoms with Crippen LogP contribution in [0.2, 0.25) is 0 Å². The summed E-state index contributed by atoms with van der Waals surface area (Å²) in [6.07, 6.45) is -0.0139. The third kappa shape index (κ3) is 3.57. The van der Waals surface area contributed by atoms with Crippen LogP contribution >= 0.6 is 0 Å². The van der Waals surface area contributed by atoms with Gasteiger partial charge in [-0.15, -0.1) is 0 Å². The van der Waals surface area contributed by atoms with Crippen LogP contribution in [0.3, 0.4) is 0 Å². The Balaban J connectivity index is 2.14. The number of carbonyl (C=O) groups is 1. The van der Waals surface area contributed by atoms with Gasteiger partial charge in [-0.25, -0.2) is 4.39 Å². The van der Waals surface area contributed by atoms with E-state index in [2.05, 4.69) is 5.32 Å². The molecular formula is C16H16FNO2. The number of hydrogen-bond donors (Lipinski definition) is 2.